The monoisotopic (exact) mass is 327 g/mol. The van der Waals surface area contributed by atoms with Gasteiger partial charge in [0.1, 0.15) is 5.82 Å². The molecule has 0 radical (unpaired) electrons. The number of halogens is 2. The fraction of sp³-hybridized carbons (Fsp3) is 0.286. The molecule has 0 aliphatic heterocycles. The Hall–Kier alpha value is -0.710. The standard InChI is InChI=1S/C14H15BrFNS/c1-2-17-14(7-10-5-6-18-9-10)12-4-3-11(16)8-13(12)15/h3-6,8-9,14,17H,2,7H2,1H3. The summed E-state index contributed by atoms with van der Waals surface area (Å²) in [5.41, 5.74) is 2.41. The highest BCUT2D eigenvalue weighted by atomic mass is 79.9. The van der Waals surface area contributed by atoms with Gasteiger partial charge in [0.15, 0.2) is 0 Å². The van der Waals surface area contributed by atoms with E-state index < -0.39 is 0 Å². The molecule has 2 rings (SSSR count). The van der Waals surface area contributed by atoms with Crippen LogP contribution in [-0.4, -0.2) is 6.54 Å². The maximum atomic E-state index is 13.1. The largest absolute Gasteiger partial charge is 0.310 e. The average molecular weight is 328 g/mol. The Bertz CT molecular complexity index is 499. The zero-order valence-electron chi connectivity index (χ0n) is 10.1. The Labute approximate surface area is 119 Å². The third-order valence-electron chi connectivity index (χ3n) is 2.81. The number of benzene rings is 1. The van der Waals surface area contributed by atoms with E-state index in [0.29, 0.717) is 0 Å². The lowest BCUT2D eigenvalue weighted by Crippen LogP contribution is -2.23. The normalized spacial score (nSPS) is 12.6. The van der Waals surface area contributed by atoms with E-state index in [0.717, 1.165) is 23.0 Å². The minimum atomic E-state index is -0.212. The zero-order chi connectivity index (χ0) is 13.0. The molecule has 1 atom stereocenters. The molecule has 0 saturated carbocycles. The molecule has 1 aromatic heterocycles. The van der Waals surface area contributed by atoms with Crippen molar-refractivity contribution in [3.8, 4) is 0 Å². The maximum Gasteiger partial charge on any atom is 0.124 e. The minimum absolute atomic E-state index is 0.208. The predicted octanol–water partition coefficient (Wildman–Crippen LogP) is 4.54. The van der Waals surface area contributed by atoms with Gasteiger partial charge < -0.3 is 5.32 Å². The van der Waals surface area contributed by atoms with Gasteiger partial charge in [0.05, 0.1) is 0 Å². The number of hydrogen-bond donors (Lipinski definition) is 1. The molecule has 1 N–H and O–H groups in total. The second kappa shape index (κ2) is 6.45. The van der Waals surface area contributed by atoms with Crippen LogP contribution >= 0.6 is 27.3 Å². The lowest BCUT2D eigenvalue weighted by atomic mass is 10.0. The number of thiophene rings is 1. The Kier molecular flexibility index (Phi) is 4.92. The summed E-state index contributed by atoms with van der Waals surface area (Å²) in [6.07, 6.45) is 0.918. The molecule has 4 heteroatoms. The molecule has 0 saturated heterocycles. The van der Waals surface area contributed by atoms with E-state index in [1.165, 1.54) is 17.7 Å². The van der Waals surface area contributed by atoms with Crippen molar-refractivity contribution >= 4 is 27.3 Å². The van der Waals surface area contributed by atoms with Crippen molar-refractivity contribution in [3.05, 3.63) is 56.4 Å². The predicted molar refractivity (Wildman–Crippen MR) is 78.5 cm³/mol. The first kappa shape index (κ1) is 13.7. The van der Waals surface area contributed by atoms with Gasteiger partial charge in [0.25, 0.3) is 0 Å². The smallest absolute Gasteiger partial charge is 0.124 e. The zero-order valence-corrected chi connectivity index (χ0v) is 12.5. The van der Waals surface area contributed by atoms with Gasteiger partial charge in [-0.1, -0.05) is 28.9 Å². The molecule has 0 bridgehead atoms. The van der Waals surface area contributed by atoms with Crippen LogP contribution in [-0.2, 0) is 6.42 Å². The number of nitrogens with one attached hydrogen (secondary N) is 1. The number of likely N-dealkylation sites (N-methyl/N-ethyl adjacent to an activating group) is 1. The van der Waals surface area contributed by atoms with Gasteiger partial charge in [-0.25, -0.2) is 4.39 Å². The summed E-state index contributed by atoms with van der Waals surface area (Å²) >= 11 is 5.15. The van der Waals surface area contributed by atoms with Gasteiger partial charge in [-0.05, 0) is 53.1 Å². The van der Waals surface area contributed by atoms with E-state index in [1.807, 2.05) is 6.07 Å². The van der Waals surface area contributed by atoms with Crippen LogP contribution in [0.3, 0.4) is 0 Å². The van der Waals surface area contributed by atoms with Crippen molar-refractivity contribution in [1.82, 2.24) is 5.32 Å². The Morgan fingerprint density at radius 1 is 1.39 bits per heavy atom. The fourth-order valence-electron chi connectivity index (χ4n) is 1.97. The molecule has 96 valence electrons. The summed E-state index contributed by atoms with van der Waals surface area (Å²) in [6.45, 7) is 2.97. The first-order valence-corrected chi connectivity index (χ1v) is 7.63. The van der Waals surface area contributed by atoms with Gasteiger partial charge in [-0.2, -0.15) is 11.3 Å². The lowest BCUT2D eigenvalue weighted by molar-refractivity contribution is 0.546. The molecule has 1 unspecified atom stereocenters. The third-order valence-corrected chi connectivity index (χ3v) is 4.23. The van der Waals surface area contributed by atoms with Crippen molar-refractivity contribution in [1.29, 1.82) is 0 Å². The highest BCUT2D eigenvalue weighted by Crippen LogP contribution is 2.27. The van der Waals surface area contributed by atoms with Gasteiger partial charge in [-0.3, -0.25) is 0 Å². The van der Waals surface area contributed by atoms with Crippen molar-refractivity contribution in [2.45, 2.75) is 19.4 Å². The molecule has 1 aromatic carbocycles. The fourth-order valence-corrected chi connectivity index (χ4v) is 3.28. The molecule has 0 spiro atoms. The SMILES string of the molecule is CCNC(Cc1ccsc1)c1ccc(F)cc1Br. The molecule has 18 heavy (non-hydrogen) atoms. The summed E-state index contributed by atoms with van der Waals surface area (Å²) in [6, 6.07) is 7.22. The van der Waals surface area contributed by atoms with Gasteiger partial charge in [0, 0.05) is 10.5 Å². The highest BCUT2D eigenvalue weighted by molar-refractivity contribution is 9.10. The van der Waals surface area contributed by atoms with Gasteiger partial charge in [0.2, 0.25) is 0 Å². The minimum Gasteiger partial charge on any atom is -0.310 e. The van der Waals surface area contributed by atoms with Crippen LogP contribution in [0.5, 0.6) is 0 Å². The molecule has 0 fully saturated rings. The number of rotatable bonds is 5. The molecule has 1 heterocycles. The van der Waals surface area contributed by atoms with Crippen molar-refractivity contribution in [3.63, 3.8) is 0 Å². The summed E-state index contributed by atoms with van der Waals surface area (Å²) in [7, 11) is 0. The van der Waals surface area contributed by atoms with E-state index in [2.05, 4.69) is 45.0 Å². The van der Waals surface area contributed by atoms with Crippen LogP contribution in [0.4, 0.5) is 4.39 Å². The third kappa shape index (κ3) is 3.40. The Morgan fingerprint density at radius 2 is 2.22 bits per heavy atom. The van der Waals surface area contributed by atoms with Crippen LogP contribution in [0.1, 0.15) is 24.1 Å². The van der Waals surface area contributed by atoms with Gasteiger partial charge >= 0.3 is 0 Å². The Morgan fingerprint density at radius 3 is 2.83 bits per heavy atom. The summed E-state index contributed by atoms with van der Waals surface area (Å²) < 4.78 is 13.9. The molecular formula is C14H15BrFNS. The molecule has 0 aliphatic rings. The van der Waals surface area contributed by atoms with Crippen molar-refractivity contribution < 1.29 is 4.39 Å². The highest BCUT2D eigenvalue weighted by Gasteiger charge is 2.14. The first-order valence-electron chi connectivity index (χ1n) is 5.90. The molecular weight excluding hydrogens is 313 g/mol. The topological polar surface area (TPSA) is 12.0 Å². The number of hydrogen-bond acceptors (Lipinski definition) is 2. The Balaban J connectivity index is 2.23. The van der Waals surface area contributed by atoms with E-state index >= 15 is 0 Å². The van der Waals surface area contributed by atoms with E-state index in [4.69, 9.17) is 0 Å². The second-order valence-corrected chi connectivity index (χ2v) is 5.75. The summed E-state index contributed by atoms with van der Waals surface area (Å²) in [5.74, 6) is -0.212. The molecule has 1 nitrogen and oxygen atoms in total. The molecule has 2 aromatic rings. The van der Waals surface area contributed by atoms with E-state index in [-0.39, 0.29) is 11.9 Å². The average Bonchev–Trinajstić information content (AvgIpc) is 2.81. The van der Waals surface area contributed by atoms with E-state index in [9.17, 15) is 4.39 Å². The maximum absolute atomic E-state index is 13.1. The first-order chi connectivity index (χ1) is 8.70. The van der Waals surface area contributed by atoms with E-state index in [1.54, 1.807) is 11.3 Å². The van der Waals surface area contributed by atoms with Crippen LogP contribution in [0.15, 0.2) is 39.5 Å². The van der Waals surface area contributed by atoms with Crippen molar-refractivity contribution in [2.75, 3.05) is 6.54 Å². The van der Waals surface area contributed by atoms with Crippen LogP contribution in [0.2, 0.25) is 0 Å². The van der Waals surface area contributed by atoms with Crippen LogP contribution in [0, 0.1) is 5.82 Å². The molecule has 0 aliphatic carbocycles. The summed E-state index contributed by atoms with van der Waals surface area (Å²) in [4.78, 5) is 0. The summed E-state index contributed by atoms with van der Waals surface area (Å²) in [5, 5.41) is 7.69. The van der Waals surface area contributed by atoms with Crippen LogP contribution in [0.25, 0.3) is 0 Å². The quantitative estimate of drug-likeness (QED) is 0.849. The molecule has 0 amide bonds. The van der Waals surface area contributed by atoms with Gasteiger partial charge in [-0.15, -0.1) is 0 Å². The van der Waals surface area contributed by atoms with Crippen LogP contribution < -0.4 is 5.32 Å². The van der Waals surface area contributed by atoms with Crippen molar-refractivity contribution in [2.24, 2.45) is 0 Å². The lowest BCUT2D eigenvalue weighted by Gasteiger charge is -2.19. The second-order valence-electron chi connectivity index (χ2n) is 4.11.